The van der Waals surface area contributed by atoms with E-state index in [1.54, 1.807) is 24.3 Å². The predicted octanol–water partition coefficient (Wildman–Crippen LogP) is 4.70. The highest BCUT2D eigenvalue weighted by Gasteiger charge is 2.45. The number of hydrogen-bond donors (Lipinski definition) is 1. The Morgan fingerprint density at radius 3 is 2.33 bits per heavy atom. The quantitative estimate of drug-likeness (QED) is 0.459. The van der Waals surface area contributed by atoms with Crippen LogP contribution in [0.2, 0.25) is 5.02 Å². The summed E-state index contributed by atoms with van der Waals surface area (Å²) in [5, 5.41) is 11.3. The van der Waals surface area contributed by atoms with Crippen molar-refractivity contribution in [1.29, 1.82) is 0 Å². The van der Waals surface area contributed by atoms with E-state index in [4.69, 9.17) is 11.6 Å². The molecule has 0 aliphatic carbocycles. The van der Waals surface area contributed by atoms with Gasteiger partial charge >= 0.3 is 0 Å². The molecule has 0 aromatic heterocycles. The molecule has 3 rings (SSSR count). The van der Waals surface area contributed by atoms with Crippen LogP contribution in [0.1, 0.15) is 36.9 Å². The van der Waals surface area contributed by atoms with Crippen molar-refractivity contribution >= 4 is 29.1 Å². The number of rotatable bonds is 5. The van der Waals surface area contributed by atoms with E-state index in [1.807, 2.05) is 6.92 Å². The highest BCUT2D eigenvalue weighted by Crippen LogP contribution is 2.39. The molecule has 0 bridgehead atoms. The molecule has 1 atom stereocenters. The number of amides is 1. The number of benzene rings is 2. The van der Waals surface area contributed by atoms with Crippen LogP contribution in [0.3, 0.4) is 0 Å². The van der Waals surface area contributed by atoms with Gasteiger partial charge in [-0.2, -0.15) is 0 Å². The first kappa shape index (κ1) is 19.1. The minimum atomic E-state index is -0.743. The Morgan fingerprint density at radius 1 is 1.11 bits per heavy atom. The molecular formula is C21H19ClFNO3. The third kappa shape index (κ3) is 3.74. The zero-order valence-corrected chi connectivity index (χ0v) is 15.5. The molecule has 1 fully saturated rings. The molecule has 6 heteroatoms. The molecule has 1 aliphatic heterocycles. The lowest BCUT2D eigenvalue weighted by atomic mass is 9.95. The van der Waals surface area contributed by atoms with Gasteiger partial charge in [-0.3, -0.25) is 9.59 Å². The molecule has 1 aliphatic rings. The van der Waals surface area contributed by atoms with Gasteiger partial charge in [-0.15, -0.1) is 0 Å². The summed E-state index contributed by atoms with van der Waals surface area (Å²) >= 11 is 5.96. The van der Waals surface area contributed by atoms with E-state index >= 15 is 0 Å². The summed E-state index contributed by atoms with van der Waals surface area (Å²) < 4.78 is 13.2. The van der Waals surface area contributed by atoms with Crippen molar-refractivity contribution in [2.75, 3.05) is 6.54 Å². The number of hydrogen-bond acceptors (Lipinski definition) is 3. The number of unbranched alkanes of at least 4 members (excludes halogenated alkanes) is 1. The Bertz CT molecular complexity index is 891. The normalized spacial score (nSPS) is 18.9. The number of halogens is 2. The standard InChI is InChI=1S/C21H19ClFNO3/c1-2-3-12-24-18(13-4-8-15(22)9-5-13)17(20(26)21(24)27)19(25)14-6-10-16(23)11-7-14/h4-11,18,25H,2-3,12H2,1H3/b19-17-. The highest BCUT2D eigenvalue weighted by atomic mass is 35.5. The van der Waals surface area contributed by atoms with Crippen LogP contribution < -0.4 is 0 Å². The van der Waals surface area contributed by atoms with E-state index in [1.165, 1.54) is 29.2 Å². The zero-order chi connectivity index (χ0) is 19.6. The van der Waals surface area contributed by atoms with Gasteiger partial charge in [-0.05, 0) is 48.4 Å². The van der Waals surface area contributed by atoms with Crippen LogP contribution in [-0.2, 0) is 9.59 Å². The van der Waals surface area contributed by atoms with E-state index in [0.29, 0.717) is 17.1 Å². The molecule has 0 spiro atoms. The molecule has 27 heavy (non-hydrogen) atoms. The predicted molar refractivity (Wildman–Crippen MR) is 102 cm³/mol. The van der Waals surface area contributed by atoms with Crippen LogP contribution >= 0.6 is 11.6 Å². The average Bonchev–Trinajstić information content (AvgIpc) is 2.91. The molecule has 1 heterocycles. The molecule has 4 nitrogen and oxygen atoms in total. The molecule has 1 N–H and O–H groups in total. The Kier molecular flexibility index (Phi) is 5.61. The van der Waals surface area contributed by atoms with Gasteiger partial charge in [0.15, 0.2) is 0 Å². The second-order valence-corrected chi connectivity index (χ2v) is 6.84. The van der Waals surface area contributed by atoms with Gasteiger partial charge in [0.25, 0.3) is 11.7 Å². The van der Waals surface area contributed by atoms with Crippen LogP contribution in [-0.4, -0.2) is 28.2 Å². The number of aliphatic hydroxyl groups excluding tert-OH is 1. The summed E-state index contributed by atoms with van der Waals surface area (Å²) in [5.41, 5.74) is 0.965. The minimum Gasteiger partial charge on any atom is -0.507 e. The lowest BCUT2D eigenvalue weighted by Gasteiger charge is -2.25. The van der Waals surface area contributed by atoms with E-state index in [0.717, 1.165) is 12.8 Å². The van der Waals surface area contributed by atoms with E-state index in [-0.39, 0.29) is 16.9 Å². The van der Waals surface area contributed by atoms with Gasteiger partial charge in [0.05, 0.1) is 11.6 Å². The molecular weight excluding hydrogens is 369 g/mol. The maximum absolute atomic E-state index is 13.2. The summed E-state index contributed by atoms with van der Waals surface area (Å²) in [7, 11) is 0. The van der Waals surface area contributed by atoms with Crippen molar-refractivity contribution in [3.63, 3.8) is 0 Å². The Labute approximate surface area is 161 Å². The summed E-state index contributed by atoms with van der Waals surface area (Å²) in [5.74, 6) is -2.16. The molecule has 140 valence electrons. The fourth-order valence-electron chi connectivity index (χ4n) is 3.19. The number of Topliss-reactive ketones (excluding diaryl/α,β-unsaturated/α-hetero) is 1. The second kappa shape index (κ2) is 7.92. The van der Waals surface area contributed by atoms with Crippen molar-refractivity contribution in [3.05, 3.63) is 76.1 Å². The van der Waals surface area contributed by atoms with Gasteiger partial charge < -0.3 is 10.0 Å². The van der Waals surface area contributed by atoms with E-state index in [2.05, 4.69) is 0 Å². The second-order valence-electron chi connectivity index (χ2n) is 6.40. The first-order valence-electron chi connectivity index (χ1n) is 8.74. The summed E-state index contributed by atoms with van der Waals surface area (Å²) in [4.78, 5) is 26.8. The highest BCUT2D eigenvalue weighted by molar-refractivity contribution is 6.46. The van der Waals surface area contributed by atoms with Gasteiger partial charge in [-0.1, -0.05) is 37.1 Å². The van der Waals surface area contributed by atoms with Gasteiger partial charge in [0.1, 0.15) is 11.6 Å². The lowest BCUT2D eigenvalue weighted by molar-refractivity contribution is -0.139. The van der Waals surface area contributed by atoms with Gasteiger partial charge in [0, 0.05) is 17.1 Å². The monoisotopic (exact) mass is 387 g/mol. The average molecular weight is 388 g/mol. The first-order valence-corrected chi connectivity index (χ1v) is 9.11. The van der Waals surface area contributed by atoms with Gasteiger partial charge in [0.2, 0.25) is 0 Å². The van der Waals surface area contributed by atoms with Crippen LogP contribution in [0.5, 0.6) is 0 Å². The Hall–Kier alpha value is -2.66. The number of likely N-dealkylation sites (tertiary alicyclic amines) is 1. The third-order valence-electron chi connectivity index (χ3n) is 4.60. The van der Waals surface area contributed by atoms with Gasteiger partial charge in [-0.25, -0.2) is 4.39 Å². The number of carbonyl (C=O) groups excluding carboxylic acids is 2. The fourth-order valence-corrected chi connectivity index (χ4v) is 3.32. The number of nitrogens with zero attached hydrogens (tertiary/aromatic N) is 1. The van der Waals surface area contributed by atoms with Crippen LogP contribution in [0.25, 0.3) is 5.76 Å². The molecule has 1 amide bonds. The van der Waals surface area contributed by atoms with Crippen molar-refractivity contribution in [2.24, 2.45) is 0 Å². The largest absolute Gasteiger partial charge is 0.507 e. The Morgan fingerprint density at radius 2 is 1.74 bits per heavy atom. The molecule has 1 saturated heterocycles. The SMILES string of the molecule is CCCCN1C(=O)C(=O)/C(=C(\O)c2ccc(F)cc2)C1c1ccc(Cl)cc1. The molecule has 2 aromatic rings. The fraction of sp³-hybridized carbons (Fsp3) is 0.238. The molecule has 2 aromatic carbocycles. The smallest absolute Gasteiger partial charge is 0.295 e. The van der Waals surface area contributed by atoms with Crippen LogP contribution in [0.15, 0.2) is 54.1 Å². The van der Waals surface area contributed by atoms with E-state index < -0.39 is 23.5 Å². The lowest BCUT2D eigenvalue weighted by Crippen LogP contribution is -2.30. The van der Waals surface area contributed by atoms with Crippen LogP contribution in [0, 0.1) is 5.82 Å². The Balaban J connectivity index is 2.14. The number of carbonyl (C=O) groups is 2. The molecule has 0 saturated carbocycles. The molecule has 1 unspecified atom stereocenters. The number of ketones is 1. The third-order valence-corrected chi connectivity index (χ3v) is 4.85. The van der Waals surface area contributed by atoms with Crippen LogP contribution in [0.4, 0.5) is 4.39 Å². The van der Waals surface area contributed by atoms with E-state index in [9.17, 15) is 19.1 Å². The van der Waals surface area contributed by atoms with Crippen molar-refractivity contribution in [1.82, 2.24) is 4.90 Å². The maximum Gasteiger partial charge on any atom is 0.295 e. The van der Waals surface area contributed by atoms with Crippen molar-refractivity contribution < 1.29 is 19.1 Å². The molecule has 0 radical (unpaired) electrons. The first-order chi connectivity index (χ1) is 12.9. The van der Waals surface area contributed by atoms with Crippen molar-refractivity contribution in [2.45, 2.75) is 25.8 Å². The maximum atomic E-state index is 13.2. The summed E-state index contributed by atoms with van der Waals surface area (Å²) in [6.45, 7) is 2.39. The topological polar surface area (TPSA) is 57.6 Å². The summed E-state index contributed by atoms with van der Waals surface area (Å²) in [6, 6.07) is 11.2. The minimum absolute atomic E-state index is 0.00466. The number of aliphatic hydroxyl groups is 1. The zero-order valence-electron chi connectivity index (χ0n) is 14.8. The summed E-state index contributed by atoms with van der Waals surface area (Å²) in [6.07, 6.45) is 1.59. The van der Waals surface area contributed by atoms with Crippen molar-refractivity contribution in [3.8, 4) is 0 Å².